The van der Waals surface area contributed by atoms with Crippen LogP contribution in [0.3, 0.4) is 0 Å². The van der Waals surface area contributed by atoms with Crippen molar-refractivity contribution in [3.63, 3.8) is 0 Å². The number of halogens is 1. The van der Waals surface area contributed by atoms with Crippen LogP contribution < -0.4 is 0 Å². The Labute approximate surface area is 126 Å². The van der Waals surface area contributed by atoms with Crippen LogP contribution in [-0.2, 0) is 26.6 Å². The van der Waals surface area contributed by atoms with Crippen molar-refractivity contribution in [2.75, 3.05) is 6.61 Å². The molecule has 108 valence electrons. The molecule has 0 saturated carbocycles. The Morgan fingerprint density at radius 2 is 1.35 bits per heavy atom. The summed E-state index contributed by atoms with van der Waals surface area (Å²) in [4.78, 5) is 0. The Morgan fingerprint density at radius 1 is 0.800 bits per heavy atom. The van der Waals surface area contributed by atoms with Gasteiger partial charge in [0.05, 0.1) is 13.2 Å². The third kappa shape index (κ3) is 6.36. The molecular formula is C15H18ClO3P. The predicted molar refractivity (Wildman–Crippen MR) is 83.6 cm³/mol. The molecule has 3 nitrogen and oxygen atoms in total. The van der Waals surface area contributed by atoms with E-state index in [0.29, 0.717) is 13.2 Å². The van der Waals surface area contributed by atoms with E-state index in [1.807, 2.05) is 60.7 Å². The highest BCUT2D eigenvalue weighted by atomic mass is 35.5. The van der Waals surface area contributed by atoms with Crippen molar-refractivity contribution in [3.8, 4) is 0 Å². The van der Waals surface area contributed by atoms with Gasteiger partial charge in [0.15, 0.2) is 0 Å². The molecule has 0 fully saturated rings. The fourth-order valence-electron chi connectivity index (χ4n) is 1.66. The predicted octanol–water partition coefficient (Wildman–Crippen LogP) is 4.27. The molecule has 20 heavy (non-hydrogen) atoms. The molecule has 2 aromatic carbocycles. The molecule has 0 aliphatic carbocycles. The fourth-order valence-corrected chi connectivity index (χ4v) is 2.29. The van der Waals surface area contributed by atoms with E-state index in [2.05, 4.69) is 0 Å². The van der Waals surface area contributed by atoms with Crippen molar-refractivity contribution in [2.24, 2.45) is 0 Å². The van der Waals surface area contributed by atoms with Crippen molar-refractivity contribution in [1.82, 2.24) is 0 Å². The van der Waals surface area contributed by atoms with Crippen LogP contribution in [0.15, 0.2) is 60.7 Å². The maximum atomic E-state index is 11.5. The summed E-state index contributed by atoms with van der Waals surface area (Å²) in [5.74, 6) is 0. The number of hydrogen-bond acceptors (Lipinski definition) is 3. The van der Waals surface area contributed by atoms with Crippen LogP contribution in [0.2, 0.25) is 0 Å². The Morgan fingerprint density at radius 3 is 1.95 bits per heavy atom. The molecule has 0 saturated heterocycles. The highest BCUT2D eigenvalue weighted by molar-refractivity contribution is 7.33. The van der Waals surface area contributed by atoms with E-state index in [0.717, 1.165) is 12.0 Å². The molecule has 2 rings (SSSR count). The third-order valence-electron chi connectivity index (χ3n) is 2.65. The SMILES string of the molecule is Cl.O=[PH](OCCc1ccccc1)OCc1ccccc1. The maximum absolute atomic E-state index is 11.5. The molecule has 5 heteroatoms. The first-order valence-corrected chi connectivity index (χ1v) is 7.44. The zero-order valence-corrected chi connectivity index (χ0v) is 12.8. The van der Waals surface area contributed by atoms with Crippen molar-refractivity contribution in [1.29, 1.82) is 0 Å². The summed E-state index contributed by atoms with van der Waals surface area (Å²) in [7, 11) is -2.41. The molecule has 0 bridgehead atoms. The molecule has 0 aromatic heterocycles. The summed E-state index contributed by atoms with van der Waals surface area (Å²) in [5, 5.41) is 0. The van der Waals surface area contributed by atoms with Crippen LogP contribution >= 0.6 is 20.7 Å². The first kappa shape index (κ1) is 16.9. The van der Waals surface area contributed by atoms with E-state index in [-0.39, 0.29) is 12.4 Å². The third-order valence-corrected chi connectivity index (χ3v) is 3.47. The Hall–Kier alpha value is -1.12. The van der Waals surface area contributed by atoms with Gasteiger partial charge in [-0.25, -0.2) is 0 Å². The zero-order chi connectivity index (χ0) is 13.3. The summed E-state index contributed by atoms with van der Waals surface area (Å²) >= 11 is 0. The first-order chi connectivity index (χ1) is 9.34. The highest BCUT2D eigenvalue weighted by Crippen LogP contribution is 2.25. The highest BCUT2D eigenvalue weighted by Gasteiger charge is 2.01. The number of rotatable bonds is 7. The molecule has 0 aliphatic heterocycles. The standard InChI is InChI=1S/C15H17O3P.ClH/c16-19(18-13-15-9-5-2-6-10-15)17-12-11-14-7-3-1-4-8-14;/h1-10,19H,11-13H2;1H. The van der Waals surface area contributed by atoms with Crippen molar-refractivity contribution < 1.29 is 13.6 Å². The summed E-state index contributed by atoms with van der Waals surface area (Å²) in [6.07, 6.45) is 0.742. The van der Waals surface area contributed by atoms with Gasteiger partial charge in [-0.05, 0) is 17.5 Å². The molecule has 2 aromatic rings. The smallest absolute Gasteiger partial charge is 0.310 e. The van der Waals surface area contributed by atoms with Gasteiger partial charge in [0.1, 0.15) is 0 Å². The van der Waals surface area contributed by atoms with Crippen LogP contribution in [0.1, 0.15) is 11.1 Å². The topological polar surface area (TPSA) is 35.5 Å². The second-order valence-electron chi connectivity index (χ2n) is 4.11. The lowest BCUT2D eigenvalue weighted by atomic mass is 10.2. The molecular weight excluding hydrogens is 295 g/mol. The normalized spacial score (nSPS) is 11.6. The first-order valence-electron chi connectivity index (χ1n) is 6.22. The monoisotopic (exact) mass is 312 g/mol. The molecule has 0 amide bonds. The van der Waals surface area contributed by atoms with Gasteiger partial charge in [-0.1, -0.05) is 60.7 Å². The van der Waals surface area contributed by atoms with Crippen LogP contribution in [0.25, 0.3) is 0 Å². The van der Waals surface area contributed by atoms with E-state index < -0.39 is 8.25 Å². The van der Waals surface area contributed by atoms with Gasteiger partial charge in [-0.15, -0.1) is 12.4 Å². The molecule has 0 N–H and O–H groups in total. The maximum Gasteiger partial charge on any atom is 0.319 e. The van der Waals surface area contributed by atoms with Gasteiger partial charge in [0.25, 0.3) is 0 Å². The fraction of sp³-hybridized carbons (Fsp3) is 0.200. The Kier molecular flexibility index (Phi) is 8.24. The quantitative estimate of drug-likeness (QED) is 0.716. The van der Waals surface area contributed by atoms with Crippen molar-refractivity contribution in [2.45, 2.75) is 13.0 Å². The van der Waals surface area contributed by atoms with Crippen molar-refractivity contribution in [3.05, 3.63) is 71.8 Å². The molecule has 0 spiro atoms. The van der Waals surface area contributed by atoms with Gasteiger partial charge in [-0.3, -0.25) is 4.57 Å². The largest absolute Gasteiger partial charge is 0.319 e. The average molecular weight is 313 g/mol. The lowest BCUT2D eigenvalue weighted by molar-refractivity contribution is 0.221. The van der Waals surface area contributed by atoms with E-state index in [9.17, 15) is 4.57 Å². The van der Waals surface area contributed by atoms with E-state index in [1.165, 1.54) is 5.56 Å². The van der Waals surface area contributed by atoms with Gasteiger partial charge in [0, 0.05) is 0 Å². The van der Waals surface area contributed by atoms with Crippen LogP contribution in [0.4, 0.5) is 0 Å². The molecule has 1 atom stereocenters. The average Bonchev–Trinajstić information content (AvgIpc) is 2.47. The van der Waals surface area contributed by atoms with Gasteiger partial charge in [0.2, 0.25) is 0 Å². The summed E-state index contributed by atoms with van der Waals surface area (Å²) in [6.45, 7) is 0.737. The Balaban J connectivity index is 0.00000200. The molecule has 0 heterocycles. The molecule has 0 aliphatic rings. The molecule has 1 unspecified atom stereocenters. The van der Waals surface area contributed by atoms with Gasteiger partial charge >= 0.3 is 8.25 Å². The summed E-state index contributed by atoms with van der Waals surface area (Å²) in [5.41, 5.74) is 2.16. The second kappa shape index (κ2) is 9.73. The van der Waals surface area contributed by atoms with Gasteiger partial charge < -0.3 is 9.05 Å². The minimum Gasteiger partial charge on any atom is -0.310 e. The minimum atomic E-state index is -2.41. The molecule has 0 radical (unpaired) electrons. The minimum absolute atomic E-state index is 0. The zero-order valence-electron chi connectivity index (χ0n) is 11.0. The van der Waals surface area contributed by atoms with E-state index >= 15 is 0 Å². The van der Waals surface area contributed by atoms with Crippen LogP contribution in [0, 0.1) is 0 Å². The Bertz CT molecular complexity index is 505. The van der Waals surface area contributed by atoms with Crippen LogP contribution in [0.5, 0.6) is 0 Å². The van der Waals surface area contributed by atoms with Crippen LogP contribution in [-0.4, -0.2) is 6.61 Å². The summed E-state index contributed by atoms with van der Waals surface area (Å²) in [6, 6.07) is 19.6. The second-order valence-corrected chi connectivity index (χ2v) is 5.19. The lowest BCUT2D eigenvalue weighted by Crippen LogP contribution is -1.94. The van der Waals surface area contributed by atoms with Gasteiger partial charge in [-0.2, -0.15) is 0 Å². The van der Waals surface area contributed by atoms with Crippen molar-refractivity contribution >= 4 is 20.7 Å². The number of benzene rings is 2. The van der Waals surface area contributed by atoms with E-state index in [1.54, 1.807) is 0 Å². The van der Waals surface area contributed by atoms with E-state index in [4.69, 9.17) is 9.05 Å². The lowest BCUT2D eigenvalue weighted by Gasteiger charge is -2.06. The summed E-state index contributed by atoms with van der Waals surface area (Å²) < 4.78 is 21.9. The number of hydrogen-bond donors (Lipinski definition) is 0.